The second-order valence-corrected chi connectivity index (χ2v) is 6.57. The molecular weight excluding hydrogens is 368 g/mol. The van der Waals surface area contributed by atoms with E-state index in [-0.39, 0.29) is 0 Å². The lowest BCUT2D eigenvalue weighted by Gasteiger charge is -2.10. The number of nitrogens with two attached hydrogens (primary N) is 1. The summed E-state index contributed by atoms with van der Waals surface area (Å²) in [6.45, 7) is 5.80. The zero-order valence-electron chi connectivity index (χ0n) is 17.3. The Kier molecular flexibility index (Phi) is 7.25. The van der Waals surface area contributed by atoms with Gasteiger partial charge in [-0.3, -0.25) is 5.01 Å². The van der Waals surface area contributed by atoms with Gasteiger partial charge in [-0.05, 0) is 86.6 Å². The molecule has 0 aliphatic heterocycles. The minimum absolute atomic E-state index is 0.738. The lowest BCUT2D eigenvalue weighted by Crippen LogP contribution is -2.14. The van der Waals surface area contributed by atoms with E-state index in [1.807, 2.05) is 77.8 Å². The van der Waals surface area contributed by atoms with Gasteiger partial charge in [-0.15, -0.1) is 5.11 Å². The van der Waals surface area contributed by atoms with Crippen LogP contribution in [0.3, 0.4) is 0 Å². The van der Waals surface area contributed by atoms with Crippen molar-refractivity contribution < 1.29 is 0 Å². The summed E-state index contributed by atoms with van der Waals surface area (Å²) in [5.41, 5.74) is 11.0. The molecule has 0 atom stereocenters. The average molecular weight is 393 g/mol. The summed E-state index contributed by atoms with van der Waals surface area (Å²) in [6, 6.07) is 23.2. The Labute approximate surface area is 178 Å². The van der Waals surface area contributed by atoms with Gasteiger partial charge in [0.15, 0.2) is 0 Å². The Morgan fingerprint density at radius 1 is 0.633 bits per heavy atom. The number of benzene rings is 3. The van der Waals surface area contributed by atoms with Gasteiger partial charge in [0, 0.05) is 41.0 Å². The quantitative estimate of drug-likeness (QED) is 0.279. The first-order valence-corrected chi connectivity index (χ1v) is 9.92. The molecule has 2 N–H and O–H groups in total. The highest BCUT2D eigenvalue weighted by Gasteiger charge is 1.95. The van der Waals surface area contributed by atoms with Gasteiger partial charge in [0.25, 0.3) is 0 Å². The van der Waals surface area contributed by atoms with Gasteiger partial charge in [0.2, 0.25) is 0 Å². The summed E-state index contributed by atoms with van der Waals surface area (Å²) in [5.74, 6) is 12.6. The molecule has 3 rings (SSSR count). The number of nitrogen functional groups attached to an aromatic ring is 1. The molecule has 148 valence electrons. The van der Waals surface area contributed by atoms with E-state index >= 15 is 0 Å². The number of hydrogen-bond donors (Lipinski definition) is 1. The Morgan fingerprint density at radius 2 is 1.00 bits per heavy atom. The van der Waals surface area contributed by atoms with Gasteiger partial charge in [-0.25, -0.2) is 0 Å². The van der Waals surface area contributed by atoms with Gasteiger partial charge in [0.1, 0.15) is 0 Å². The molecular formula is C26H24N4. The molecule has 0 aromatic heterocycles. The van der Waals surface area contributed by atoms with Crippen LogP contribution in [0, 0.1) is 23.7 Å². The van der Waals surface area contributed by atoms with Gasteiger partial charge in [-0.2, -0.15) is 0 Å². The van der Waals surface area contributed by atoms with Crippen LogP contribution in [0.15, 0.2) is 83.1 Å². The van der Waals surface area contributed by atoms with Crippen LogP contribution in [0.2, 0.25) is 0 Å². The van der Waals surface area contributed by atoms with E-state index in [0.717, 1.165) is 46.7 Å². The first kappa shape index (κ1) is 20.7. The molecule has 0 spiro atoms. The topological polar surface area (TPSA) is 54.0 Å². The monoisotopic (exact) mass is 392 g/mol. The average Bonchev–Trinajstić information content (AvgIpc) is 2.79. The third-order valence-corrected chi connectivity index (χ3v) is 4.38. The first-order chi connectivity index (χ1) is 14.7. The standard InChI is InChI=1S/C26H24N4/c1-3-30(4-2)29-28-26-19-15-24(16-20-26)12-10-22-7-5-21(6-8-22)9-11-23-13-17-25(27)18-14-23/h5-8,13-20H,3-4,27H2,1-2H3/b29-28+. The van der Waals surface area contributed by atoms with Crippen LogP contribution in [0.5, 0.6) is 0 Å². The van der Waals surface area contributed by atoms with Crippen molar-refractivity contribution in [3.63, 3.8) is 0 Å². The zero-order valence-corrected chi connectivity index (χ0v) is 17.3. The van der Waals surface area contributed by atoms with E-state index in [4.69, 9.17) is 5.73 Å². The highest BCUT2D eigenvalue weighted by molar-refractivity contribution is 5.50. The highest BCUT2D eigenvalue weighted by Crippen LogP contribution is 2.14. The van der Waals surface area contributed by atoms with Crippen LogP contribution in [0.25, 0.3) is 0 Å². The summed E-state index contributed by atoms with van der Waals surface area (Å²) < 4.78 is 0. The van der Waals surface area contributed by atoms with Gasteiger partial charge < -0.3 is 5.73 Å². The molecule has 0 bridgehead atoms. The van der Waals surface area contributed by atoms with Crippen molar-refractivity contribution in [1.29, 1.82) is 0 Å². The maximum atomic E-state index is 5.69. The van der Waals surface area contributed by atoms with E-state index in [9.17, 15) is 0 Å². The van der Waals surface area contributed by atoms with Crippen molar-refractivity contribution in [2.75, 3.05) is 18.8 Å². The van der Waals surface area contributed by atoms with E-state index < -0.39 is 0 Å². The van der Waals surface area contributed by atoms with Crippen LogP contribution in [-0.2, 0) is 0 Å². The molecule has 0 fully saturated rings. The van der Waals surface area contributed by atoms with Crippen LogP contribution in [0.1, 0.15) is 36.1 Å². The number of anilines is 1. The largest absolute Gasteiger partial charge is 0.399 e. The van der Waals surface area contributed by atoms with Crippen LogP contribution >= 0.6 is 0 Å². The Balaban J connectivity index is 1.63. The maximum absolute atomic E-state index is 5.69. The van der Waals surface area contributed by atoms with E-state index in [1.165, 1.54) is 0 Å². The maximum Gasteiger partial charge on any atom is 0.0875 e. The minimum Gasteiger partial charge on any atom is -0.399 e. The second-order valence-electron chi connectivity index (χ2n) is 6.57. The van der Waals surface area contributed by atoms with Crippen molar-refractivity contribution in [2.24, 2.45) is 10.3 Å². The minimum atomic E-state index is 0.738. The van der Waals surface area contributed by atoms with E-state index in [2.05, 4.69) is 47.9 Å². The highest BCUT2D eigenvalue weighted by atomic mass is 15.5. The number of hydrogen-bond acceptors (Lipinski definition) is 3. The van der Waals surface area contributed by atoms with Crippen molar-refractivity contribution in [2.45, 2.75) is 13.8 Å². The predicted octanol–water partition coefficient (Wildman–Crippen LogP) is 5.41. The second kappa shape index (κ2) is 10.5. The SMILES string of the molecule is CCN(CC)/N=N/c1ccc(C#Cc2ccc(C#Cc3ccc(N)cc3)cc2)cc1. The van der Waals surface area contributed by atoms with Crippen LogP contribution < -0.4 is 5.73 Å². The van der Waals surface area contributed by atoms with Crippen LogP contribution in [0.4, 0.5) is 11.4 Å². The number of rotatable bonds is 4. The summed E-state index contributed by atoms with van der Waals surface area (Å²) in [6.07, 6.45) is 0. The van der Waals surface area contributed by atoms with Crippen molar-refractivity contribution >= 4 is 11.4 Å². The molecule has 0 saturated heterocycles. The third kappa shape index (κ3) is 6.26. The third-order valence-electron chi connectivity index (χ3n) is 4.38. The molecule has 0 unspecified atom stereocenters. The molecule has 0 amide bonds. The molecule has 30 heavy (non-hydrogen) atoms. The van der Waals surface area contributed by atoms with E-state index in [1.54, 1.807) is 0 Å². The fourth-order valence-corrected chi connectivity index (χ4v) is 2.57. The van der Waals surface area contributed by atoms with Gasteiger partial charge in [-0.1, -0.05) is 28.9 Å². The normalized spacial score (nSPS) is 10.1. The molecule has 0 radical (unpaired) electrons. The van der Waals surface area contributed by atoms with Crippen molar-refractivity contribution in [3.05, 3.63) is 95.1 Å². The summed E-state index contributed by atoms with van der Waals surface area (Å²) >= 11 is 0. The Bertz CT molecular complexity index is 1100. The van der Waals surface area contributed by atoms with Crippen LogP contribution in [-0.4, -0.2) is 18.1 Å². The predicted molar refractivity (Wildman–Crippen MR) is 123 cm³/mol. The molecule has 0 aliphatic rings. The summed E-state index contributed by atoms with van der Waals surface area (Å²) in [4.78, 5) is 0. The smallest absolute Gasteiger partial charge is 0.0875 e. The molecule has 3 aromatic rings. The Morgan fingerprint density at radius 3 is 1.40 bits per heavy atom. The van der Waals surface area contributed by atoms with Crippen molar-refractivity contribution in [3.8, 4) is 23.7 Å². The fraction of sp³-hybridized carbons (Fsp3) is 0.154. The van der Waals surface area contributed by atoms with Gasteiger partial charge >= 0.3 is 0 Å². The molecule has 0 saturated carbocycles. The molecule has 3 aromatic carbocycles. The molecule has 4 nitrogen and oxygen atoms in total. The Hall–Kier alpha value is -4.02. The summed E-state index contributed by atoms with van der Waals surface area (Å²) in [7, 11) is 0. The lowest BCUT2D eigenvalue weighted by molar-refractivity contribution is 0.301. The fourth-order valence-electron chi connectivity index (χ4n) is 2.57. The first-order valence-electron chi connectivity index (χ1n) is 9.92. The van der Waals surface area contributed by atoms with Crippen molar-refractivity contribution in [1.82, 2.24) is 5.01 Å². The number of nitrogens with zero attached hydrogens (tertiary/aromatic N) is 3. The zero-order chi connectivity index (χ0) is 21.2. The summed E-state index contributed by atoms with van der Waals surface area (Å²) in [5, 5.41) is 10.4. The molecule has 4 heteroatoms. The van der Waals surface area contributed by atoms with Gasteiger partial charge in [0.05, 0.1) is 5.69 Å². The van der Waals surface area contributed by atoms with E-state index in [0.29, 0.717) is 0 Å². The molecule has 0 aliphatic carbocycles. The molecule has 0 heterocycles. The lowest BCUT2D eigenvalue weighted by atomic mass is 10.1.